The van der Waals surface area contributed by atoms with Crippen molar-refractivity contribution in [2.75, 3.05) is 10.6 Å². The van der Waals surface area contributed by atoms with Crippen LogP contribution in [0.1, 0.15) is 48.3 Å². The lowest BCUT2D eigenvalue weighted by atomic mass is 10.1. The van der Waals surface area contributed by atoms with E-state index < -0.39 is 0 Å². The molecule has 0 saturated heterocycles. The van der Waals surface area contributed by atoms with Crippen LogP contribution in [-0.2, 0) is 6.54 Å². The average molecular weight is 465 g/mol. The van der Waals surface area contributed by atoms with Crippen LogP contribution in [0.3, 0.4) is 0 Å². The number of carbonyl (C=O) groups excluding carboxylic acids is 2. The fourth-order valence-corrected chi connectivity index (χ4v) is 3.48. The van der Waals surface area contributed by atoms with Crippen molar-refractivity contribution in [1.82, 2.24) is 10.6 Å². The molecule has 3 amide bonds. The first kappa shape index (κ1) is 24.1. The van der Waals surface area contributed by atoms with Gasteiger partial charge in [0.15, 0.2) is 0 Å². The van der Waals surface area contributed by atoms with Crippen LogP contribution in [0.2, 0.25) is 5.02 Å². The van der Waals surface area contributed by atoms with Crippen molar-refractivity contribution in [3.05, 3.63) is 94.5 Å². The van der Waals surface area contributed by atoms with Gasteiger partial charge in [-0.1, -0.05) is 54.1 Å². The molecule has 0 saturated carbocycles. The third kappa shape index (κ3) is 7.26. The number of amides is 3. The van der Waals surface area contributed by atoms with Gasteiger partial charge in [-0.05, 0) is 62.2 Å². The third-order valence-electron chi connectivity index (χ3n) is 4.99. The Bertz CT molecular complexity index is 1090. The maximum atomic E-state index is 12.6. The first-order chi connectivity index (χ1) is 15.8. The van der Waals surface area contributed by atoms with Crippen LogP contribution >= 0.6 is 11.6 Å². The molecular formula is C26H29ClN4O2. The molecule has 0 spiro atoms. The van der Waals surface area contributed by atoms with Crippen LogP contribution in [0, 0.1) is 0 Å². The van der Waals surface area contributed by atoms with Crippen molar-refractivity contribution in [2.45, 2.75) is 39.4 Å². The van der Waals surface area contributed by atoms with Gasteiger partial charge in [0.2, 0.25) is 0 Å². The Morgan fingerprint density at radius 3 is 2.24 bits per heavy atom. The molecule has 4 N–H and O–H groups in total. The van der Waals surface area contributed by atoms with Crippen molar-refractivity contribution in [3.63, 3.8) is 0 Å². The fourth-order valence-electron chi connectivity index (χ4n) is 3.24. The zero-order valence-electron chi connectivity index (χ0n) is 19.0. The molecule has 7 heteroatoms. The molecule has 0 radical (unpaired) electrons. The summed E-state index contributed by atoms with van der Waals surface area (Å²) in [5.74, 6) is -0.235. The Kier molecular flexibility index (Phi) is 8.33. The highest BCUT2D eigenvalue weighted by molar-refractivity contribution is 6.33. The van der Waals surface area contributed by atoms with Gasteiger partial charge in [0, 0.05) is 29.9 Å². The van der Waals surface area contributed by atoms with Crippen molar-refractivity contribution in [3.8, 4) is 0 Å². The van der Waals surface area contributed by atoms with E-state index in [0.717, 1.165) is 16.8 Å². The zero-order valence-corrected chi connectivity index (χ0v) is 19.7. The minimum atomic E-state index is -0.235. The first-order valence-electron chi connectivity index (χ1n) is 10.9. The Morgan fingerprint density at radius 2 is 1.61 bits per heavy atom. The summed E-state index contributed by atoms with van der Waals surface area (Å²) in [6, 6.07) is 22.5. The third-order valence-corrected chi connectivity index (χ3v) is 5.30. The van der Waals surface area contributed by atoms with Crippen LogP contribution in [0.5, 0.6) is 0 Å². The van der Waals surface area contributed by atoms with E-state index in [-0.39, 0.29) is 24.0 Å². The standard InChI is InChI=1S/C26H29ClN4O2/c1-17(2)29-26(33)28-16-19-9-11-21(12-10-19)25(32)31-22-13-14-24(23(27)15-22)30-18(3)20-7-5-4-6-8-20/h4-15,17-18,30H,16H2,1-3H3,(H,31,32)(H2,28,29,33). The molecule has 3 rings (SSSR count). The molecule has 1 atom stereocenters. The predicted molar refractivity (Wildman–Crippen MR) is 135 cm³/mol. The lowest BCUT2D eigenvalue weighted by Crippen LogP contribution is -2.39. The minimum Gasteiger partial charge on any atom is -0.377 e. The molecule has 1 unspecified atom stereocenters. The largest absolute Gasteiger partial charge is 0.377 e. The van der Waals surface area contributed by atoms with Crippen molar-refractivity contribution in [1.29, 1.82) is 0 Å². The summed E-state index contributed by atoms with van der Waals surface area (Å²) < 4.78 is 0. The predicted octanol–water partition coefficient (Wildman–Crippen LogP) is 5.97. The summed E-state index contributed by atoms with van der Waals surface area (Å²) in [6.45, 7) is 6.24. The first-order valence-corrected chi connectivity index (χ1v) is 11.3. The highest BCUT2D eigenvalue weighted by Gasteiger charge is 2.11. The Labute approximate surface area is 199 Å². The van der Waals surface area contributed by atoms with E-state index in [4.69, 9.17) is 11.6 Å². The second-order valence-electron chi connectivity index (χ2n) is 8.10. The maximum Gasteiger partial charge on any atom is 0.315 e. The Balaban J connectivity index is 1.56. The maximum absolute atomic E-state index is 12.6. The van der Waals surface area contributed by atoms with Gasteiger partial charge in [0.05, 0.1) is 10.7 Å². The molecule has 0 aliphatic rings. The second-order valence-corrected chi connectivity index (χ2v) is 8.51. The molecule has 0 heterocycles. The lowest BCUT2D eigenvalue weighted by Gasteiger charge is -2.17. The molecule has 3 aromatic carbocycles. The molecule has 172 valence electrons. The fraction of sp³-hybridized carbons (Fsp3) is 0.231. The van der Waals surface area contributed by atoms with Crippen LogP contribution in [-0.4, -0.2) is 18.0 Å². The van der Waals surface area contributed by atoms with Crippen LogP contribution in [0.4, 0.5) is 16.2 Å². The lowest BCUT2D eigenvalue weighted by molar-refractivity contribution is 0.102. The van der Waals surface area contributed by atoms with Gasteiger partial charge in [0.1, 0.15) is 0 Å². The quantitative estimate of drug-likeness (QED) is 0.331. The van der Waals surface area contributed by atoms with Gasteiger partial charge in [0.25, 0.3) is 5.91 Å². The number of nitrogens with one attached hydrogen (secondary N) is 4. The number of hydrogen-bond donors (Lipinski definition) is 4. The molecular weight excluding hydrogens is 436 g/mol. The van der Waals surface area contributed by atoms with Crippen LogP contribution in [0.15, 0.2) is 72.8 Å². The summed E-state index contributed by atoms with van der Waals surface area (Å²) in [5.41, 5.74) is 3.98. The number of hydrogen-bond acceptors (Lipinski definition) is 3. The van der Waals surface area contributed by atoms with Gasteiger partial charge in [-0.25, -0.2) is 4.79 Å². The number of carbonyl (C=O) groups is 2. The number of halogens is 1. The molecule has 3 aromatic rings. The second kappa shape index (κ2) is 11.4. The number of anilines is 2. The molecule has 0 fully saturated rings. The molecule has 0 aliphatic heterocycles. The number of rotatable bonds is 8. The summed E-state index contributed by atoms with van der Waals surface area (Å²) in [7, 11) is 0. The molecule has 0 aromatic heterocycles. The summed E-state index contributed by atoms with van der Waals surface area (Å²) in [4.78, 5) is 24.3. The van der Waals surface area contributed by atoms with Crippen molar-refractivity contribution in [2.24, 2.45) is 0 Å². The van der Waals surface area contributed by atoms with E-state index in [1.165, 1.54) is 0 Å². The average Bonchev–Trinajstić information content (AvgIpc) is 2.80. The monoisotopic (exact) mass is 464 g/mol. The Morgan fingerprint density at radius 1 is 0.909 bits per heavy atom. The van der Waals surface area contributed by atoms with Crippen molar-refractivity contribution >= 4 is 34.9 Å². The smallest absolute Gasteiger partial charge is 0.315 e. The van der Waals surface area contributed by atoms with E-state index in [2.05, 4.69) is 40.3 Å². The number of benzene rings is 3. The summed E-state index contributed by atoms with van der Waals surface area (Å²) in [5, 5.41) is 12.3. The van der Waals surface area contributed by atoms with Crippen LogP contribution < -0.4 is 21.3 Å². The van der Waals surface area contributed by atoms with Crippen LogP contribution in [0.25, 0.3) is 0 Å². The van der Waals surface area contributed by atoms with E-state index in [1.807, 2.05) is 56.3 Å². The van der Waals surface area contributed by atoms with Gasteiger partial charge in [-0.3, -0.25) is 4.79 Å². The molecule has 6 nitrogen and oxygen atoms in total. The van der Waals surface area contributed by atoms with E-state index in [1.54, 1.807) is 18.2 Å². The van der Waals surface area contributed by atoms with E-state index in [0.29, 0.717) is 22.8 Å². The molecule has 0 aliphatic carbocycles. The summed E-state index contributed by atoms with van der Waals surface area (Å²) >= 11 is 6.45. The minimum absolute atomic E-state index is 0.0710. The normalized spacial score (nSPS) is 11.5. The molecule has 33 heavy (non-hydrogen) atoms. The van der Waals surface area contributed by atoms with Gasteiger partial charge >= 0.3 is 6.03 Å². The topological polar surface area (TPSA) is 82.3 Å². The highest BCUT2D eigenvalue weighted by atomic mass is 35.5. The van der Waals surface area contributed by atoms with Gasteiger partial charge in [-0.15, -0.1) is 0 Å². The SMILES string of the molecule is CC(C)NC(=O)NCc1ccc(C(=O)Nc2ccc(NC(C)c3ccccc3)c(Cl)c2)cc1. The summed E-state index contributed by atoms with van der Waals surface area (Å²) in [6.07, 6.45) is 0. The van der Waals surface area contributed by atoms with E-state index in [9.17, 15) is 9.59 Å². The van der Waals surface area contributed by atoms with Gasteiger partial charge in [-0.2, -0.15) is 0 Å². The van der Waals surface area contributed by atoms with Crippen molar-refractivity contribution < 1.29 is 9.59 Å². The zero-order chi connectivity index (χ0) is 23.8. The molecule has 0 bridgehead atoms. The Hall–Kier alpha value is -3.51. The van der Waals surface area contributed by atoms with E-state index >= 15 is 0 Å². The highest BCUT2D eigenvalue weighted by Crippen LogP contribution is 2.29. The van der Waals surface area contributed by atoms with Gasteiger partial charge < -0.3 is 21.3 Å². The number of urea groups is 1.